The lowest BCUT2D eigenvalue weighted by Gasteiger charge is -2.41. The normalized spacial score (nSPS) is 27.6. The van der Waals surface area contributed by atoms with Gasteiger partial charge in [0.05, 0.1) is 5.69 Å². The third-order valence-electron chi connectivity index (χ3n) is 7.90. The highest BCUT2D eigenvalue weighted by atomic mass is 19.4. The van der Waals surface area contributed by atoms with Crippen molar-refractivity contribution in [2.24, 2.45) is 5.92 Å². The van der Waals surface area contributed by atoms with Crippen LogP contribution in [0.15, 0.2) is 18.5 Å². The van der Waals surface area contributed by atoms with Gasteiger partial charge in [-0.1, -0.05) is 0 Å². The predicted octanol–water partition coefficient (Wildman–Crippen LogP) is 2.91. The number of amides is 2. The lowest BCUT2D eigenvalue weighted by Crippen LogP contribution is -2.54. The van der Waals surface area contributed by atoms with Crippen molar-refractivity contribution in [1.82, 2.24) is 30.4 Å². The van der Waals surface area contributed by atoms with E-state index in [0.29, 0.717) is 36.5 Å². The second-order valence-corrected chi connectivity index (χ2v) is 10.4. The van der Waals surface area contributed by atoms with Crippen LogP contribution < -0.4 is 5.32 Å². The van der Waals surface area contributed by atoms with Gasteiger partial charge in [0, 0.05) is 29.7 Å². The van der Waals surface area contributed by atoms with Gasteiger partial charge in [-0.25, -0.2) is 9.97 Å². The van der Waals surface area contributed by atoms with Gasteiger partial charge >= 0.3 is 6.18 Å². The van der Waals surface area contributed by atoms with Crippen molar-refractivity contribution in [3.8, 4) is 11.4 Å². The van der Waals surface area contributed by atoms with E-state index in [9.17, 15) is 27.9 Å². The Balaban J connectivity index is 1.19. The summed E-state index contributed by atoms with van der Waals surface area (Å²) in [4.78, 5) is 36.3. The molecule has 9 nitrogen and oxygen atoms in total. The van der Waals surface area contributed by atoms with Crippen LogP contribution in [0.2, 0.25) is 0 Å². The number of nitrogens with one attached hydrogen (secondary N) is 2. The summed E-state index contributed by atoms with van der Waals surface area (Å²) in [7, 11) is 0. The summed E-state index contributed by atoms with van der Waals surface area (Å²) in [5, 5.41) is 19.8. The van der Waals surface area contributed by atoms with Crippen LogP contribution in [-0.2, 0) is 4.79 Å². The van der Waals surface area contributed by atoms with E-state index in [1.807, 2.05) is 11.8 Å². The molecule has 3 fully saturated rings. The van der Waals surface area contributed by atoms with Crippen LogP contribution in [-0.4, -0.2) is 71.9 Å². The van der Waals surface area contributed by atoms with E-state index in [-0.39, 0.29) is 42.2 Å². The van der Waals surface area contributed by atoms with Gasteiger partial charge in [-0.15, -0.1) is 0 Å². The fourth-order valence-corrected chi connectivity index (χ4v) is 5.50. The number of hydrogen-bond donors (Lipinski definition) is 3. The molecule has 36 heavy (non-hydrogen) atoms. The smallest absolute Gasteiger partial charge is 0.380 e. The van der Waals surface area contributed by atoms with Crippen LogP contribution >= 0.6 is 0 Å². The number of aliphatic hydroxyl groups is 1. The number of likely N-dealkylation sites (tertiary alicyclic amines) is 1. The zero-order valence-electron chi connectivity index (χ0n) is 19.9. The van der Waals surface area contributed by atoms with Crippen molar-refractivity contribution < 1.29 is 27.9 Å². The van der Waals surface area contributed by atoms with E-state index >= 15 is 0 Å². The number of H-pyrrole nitrogens is 1. The van der Waals surface area contributed by atoms with Crippen LogP contribution in [0.5, 0.6) is 0 Å². The SMILES string of the molecule is Cc1cc(-c2cc(C(=O)N3CC[C@H](C(=O)NC4CCC(O)(C(F)(F)F)CC4)CC34CC4)[nH]n2)ncn1. The maximum atomic E-state index is 13.3. The number of aryl methyl sites for hydroxylation is 1. The maximum Gasteiger partial charge on any atom is 0.417 e. The molecule has 194 valence electrons. The van der Waals surface area contributed by atoms with Gasteiger partial charge in [0.1, 0.15) is 17.7 Å². The molecule has 3 heterocycles. The monoisotopic (exact) mass is 506 g/mol. The largest absolute Gasteiger partial charge is 0.417 e. The molecule has 0 unspecified atom stereocenters. The highest BCUT2D eigenvalue weighted by Crippen LogP contribution is 2.50. The molecule has 1 spiro atoms. The number of carbonyl (C=O) groups is 2. The minimum Gasteiger partial charge on any atom is -0.380 e. The van der Waals surface area contributed by atoms with Gasteiger partial charge in [0.15, 0.2) is 5.60 Å². The van der Waals surface area contributed by atoms with Crippen LogP contribution in [0.25, 0.3) is 11.4 Å². The van der Waals surface area contributed by atoms with E-state index in [1.54, 1.807) is 12.1 Å². The number of carbonyl (C=O) groups excluding carboxylic acids is 2. The van der Waals surface area contributed by atoms with E-state index in [0.717, 1.165) is 18.5 Å². The third kappa shape index (κ3) is 4.58. The molecule has 2 aliphatic carbocycles. The number of aromatic nitrogens is 4. The molecule has 2 aromatic heterocycles. The van der Waals surface area contributed by atoms with Gasteiger partial charge in [-0.3, -0.25) is 14.7 Å². The molecule has 1 saturated heterocycles. The molecule has 1 atom stereocenters. The van der Waals surface area contributed by atoms with Crippen LogP contribution in [0.4, 0.5) is 13.2 Å². The Morgan fingerprint density at radius 1 is 1.11 bits per heavy atom. The summed E-state index contributed by atoms with van der Waals surface area (Å²) in [6.07, 6.45) is -1.29. The van der Waals surface area contributed by atoms with Crippen molar-refractivity contribution in [3.05, 3.63) is 29.8 Å². The van der Waals surface area contributed by atoms with Crippen molar-refractivity contribution in [2.75, 3.05) is 6.54 Å². The molecule has 1 aliphatic heterocycles. The first kappa shape index (κ1) is 24.7. The lowest BCUT2D eigenvalue weighted by atomic mass is 9.81. The molecule has 5 rings (SSSR count). The Labute approximate surface area is 205 Å². The van der Waals surface area contributed by atoms with Gasteiger partial charge in [-0.05, 0) is 70.4 Å². The summed E-state index contributed by atoms with van der Waals surface area (Å²) in [5.41, 5.74) is -0.737. The topological polar surface area (TPSA) is 124 Å². The molecule has 12 heteroatoms. The quantitative estimate of drug-likeness (QED) is 0.586. The minimum absolute atomic E-state index is 0.0816. The second-order valence-electron chi connectivity index (χ2n) is 10.4. The maximum absolute atomic E-state index is 13.3. The molecule has 3 N–H and O–H groups in total. The van der Waals surface area contributed by atoms with E-state index in [1.165, 1.54) is 6.33 Å². The number of rotatable bonds is 4. The Morgan fingerprint density at radius 3 is 2.47 bits per heavy atom. The van der Waals surface area contributed by atoms with E-state index in [2.05, 4.69) is 25.5 Å². The standard InChI is InChI=1S/C24H29F3N6O3/c1-14-10-17(29-13-28-14)18-11-19(32-31-18)21(35)33-9-4-15(12-22(33)7-8-22)20(34)30-16-2-5-23(36,6-3-16)24(25,26)27/h10-11,13,15-16,36H,2-9,12H2,1H3,(H,30,34)(H,31,32)/t15-,16?,23?/m0/s1. The zero-order valence-corrected chi connectivity index (χ0v) is 19.9. The highest BCUT2D eigenvalue weighted by Gasteiger charge is 2.56. The van der Waals surface area contributed by atoms with Crippen molar-refractivity contribution in [3.63, 3.8) is 0 Å². The summed E-state index contributed by atoms with van der Waals surface area (Å²) in [6, 6.07) is 3.07. The van der Waals surface area contributed by atoms with Gasteiger partial charge in [0.2, 0.25) is 5.91 Å². The lowest BCUT2D eigenvalue weighted by molar-refractivity contribution is -0.270. The number of piperidine rings is 1. The first-order chi connectivity index (χ1) is 17.0. The number of alkyl halides is 3. The molecule has 0 bridgehead atoms. The molecular weight excluding hydrogens is 477 g/mol. The van der Waals surface area contributed by atoms with Crippen LogP contribution in [0, 0.1) is 12.8 Å². The molecule has 2 saturated carbocycles. The van der Waals surface area contributed by atoms with E-state index in [4.69, 9.17) is 0 Å². The molecule has 3 aliphatic rings. The fraction of sp³-hybridized carbons (Fsp3) is 0.625. The Kier molecular flexibility index (Phi) is 6.05. The average molecular weight is 507 g/mol. The molecule has 2 aromatic rings. The van der Waals surface area contributed by atoms with Gasteiger partial charge in [-0.2, -0.15) is 18.3 Å². The zero-order chi connectivity index (χ0) is 25.7. The third-order valence-corrected chi connectivity index (χ3v) is 7.90. The van der Waals surface area contributed by atoms with E-state index < -0.39 is 24.6 Å². The van der Waals surface area contributed by atoms with Crippen molar-refractivity contribution in [1.29, 1.82) is 0 Å². The van der Waals surface area contributed by atoms with Gasteiger partial charge in [0.25, 0.3) is 5.91 Å². The molecule has 0 aromatic carbocycles. The first-order valence-electron chi connectivity index (χ1n) is 12.3. The van der Waals surface area contributed by atoms with Crippen molar-refractivity contribution in [2.45, 2.75) is 81.6 Å². The Morgan fingerprint density at radius 2 is 1.83 bits per heavy atom. The summed E-state index contributed by atoms with van der Waals surface area (Å²) in [5.74, 6) is -0.658. The van der Waals surface area contributed by atoms with Crippen LogP contribution in [0.3, 0.4) is 0 Å². The van der Waals surface area contributed by atoms with Crippen molar-refractivity contribution >= 4 is 11.8 Å². The number of halogens is 3. The highest BCUT2D eigenvalue weighted by molar-refractivity contribution is 5.94. The number of nitrogens with zero attached hydrogens (tertiary/aromatic N) is 4. The second kappa shape index (κ2) is 8.82. The summed E-state index contributed by atoms with van der Waals surface area (Å²) >= 11 is 0. The summed E-state index contributed by atoms with van der Waals surface area (Å²) in [6.45, 7) is 2.26. The van der Waals surface area contributed by atoms with Crippen LogP contribution in [0.1, 0.15) is 67.5 Å². The molecule has 2 amide bonds. The number of hydrogen-bond acceptors (Lipinski definition) is 6. The molecule has 0 radical (unpaired) electrons. The summed E-state index contributed by atoms with van der Waals surface area (Å²) < 4.78 is 39.1. The minimum atomic E-state index is -4.66. The predicted molar refractivity (Wildman–Crippen MR) is 121 cm³/mol. The average Bonchev–Trinajstić information content (AvgIpc) is 3.40. The van der Waals surface area contributed by atoms with Gasteiger partial charge < -0.3 is 15.3 Å². The molecular formula is C24H29F3N6O3. The Hall–Kier alpha value is -3.02. The first-order valence-corrected chi connectivity index (χ1v) is 12.3. The Bertz CT molecular complexity index is 1150. The number of aromatic amines is 1. The fourth-order valence-electron chi connectivity index (χ4n) is 5.50.